The van der Waals surface area contributed by atoms with E-state index >= 15 is 0 Å². The molecule has 21 heavy (non-hydrogen) atoms. The van der Waals surface area contributed by atoms with E-state index in [1.54, 1.807) is 23.3 Å². The molecule has 2 aliphatic heterocycles. The quantitative estimate of drug-likeness (QED) is 0.643. The number of aliphatic hydroxyl groups excluding tert-OH is 2. The van der Waals surface area contributed by atoms with E-state index in [1.807, 2.05) is 0 Å². The Morgan fingerprint density at radius 2 is 2.43 bits per heavy atom. The van der Waals surface area contributed by atoms with Crippen LogP contribution in [0.2, 0.25) is 0 Å². The zero-order chi connectivity index (χ0) is 15.6. The number of ether oxygens (including phenoxy) is 1. The molecule has 2 aliphatic rings. The number of rotatable bonds is 3. The van der Waals surface area contributed by atoms with Crippen LogP contribution in [0, 0.1) is 18.3 Å². The number of hydrogen-bond acceptors (Lipinski definition) is 6. The molecule has 7 heteroatoms. The van der Waals surface area contributed by atoms with Crippen LogP contribution in [0.15, 0.2) is 41.3 Å². The largest absolute Gasteiger partial charge is 0.392 e. The normalized spacial score (nSPS) is 36.1. The highest BCUT2D eigenvalue weighted by atomic mass is 35.5. The van der Waals surface area contributed by atoms with Gasteiger partial charge in [-0.05, 0) is 6.08 Å². The fourth-order valence-electron chi connectivity index (χ4n) is 2.37. The van der Waals surface area contributed by atoms with Crippen molar-refractivity contribution in [2.24, 2.45) is 16.6 Å². The number of nitrogens with zero attached hydrogens (tertiary/aromatic N) is 2. The number of hydrogen-bond donors (Lipinski definition) is 3. The lowest BCUT2D eigenvalue weighted by atomic mass is 9.90. The Balaban J connectivity index is 2.37. The Morgan fingerprint density at radius 3 is 2.95 bits per heavy atom. The molecule has 2 heterocycles. The third-order valence-electron chi connectivity index (χ3n) is 3.51. The molecular formula is C14H16ClN3O3. The van der Waals surface area contributed by atoms with Crippen LogP contribution in [0.4, 0.5) is 0 Å². The van der Waals surface area contributed by atoms with Gasteiger partial charge in [-0.3, -0.25) is 0 Å². The summed E-state index contributed by atoms with van der Waals surface area (Å²) in [6.07, 6.45) is 8.33. The number of nitrogens with two attached hydrogens (primary N) is 1. The fraction of sp³-hybridized carbons (Fsp3) is 0.357. The zero-order valence-corrected chi connectivity index (χ0v) is 11.9. The van der Waals surface area contributed by atoms with Crippen molar-refractivity contribution in [1.82, 2.24) is 4.90 Å². The number of halogens is 1. The predicted octanol–water partition coefficient (Wildman–Crippen LogP) is 0.0943. The molecule has 0 aromatic carbocycles. The van der Waals surface area contributed by atoms with Gasteiger partial charge in [0, 0.05) is 11.7 Å². The molecule has 1 saturated heterocycles. The molecule has 4 N–H and O–H groups in total. The van der Waals surface area contributed by atoms with Gasteiger partial charge in [-0.2, -0.15) is 0 Å². The Labute approximate surface area is 127 Å². The average Bonchev–Trinajstić information content (AvgIpc) is 2.74. The fourth-order valence-corrected chi connectivity index (χ4v) is 2.54. The van der Waals surface area contributed by atoms with Crippen molar-refractivity contribution in [2.75, 3.05) is 6.61 Å². The molecule has 0 amide bonds. The highest BCUT2D eigenvalue weighted by molar-refractivity contribution is 6.25. The Bertz CT molecular complexity index is 566. The van der Waals surface area contributed by atoms with Crippen molar-refractivity contribution < 1.29 is 14.9 Å². The summed E-state index contributed by atoms with van der Waals surface area (Å²) < 4.78 is 5.73. The Morgan fingerprint density at radius 1 is 1.71 bits per heavy atom. The van der Waals surface area contributed by atoms with Gasteiger partial charge >= 0.3 is 0 Å². The van der Waals surface area contributed by atoms with Crippen LogP contribution in [0.5, 0.6) is 0 Å². The van der Waals surface area contributed by atoms with Crippen LogP contribution in [0.3, 0.4) is 0 Å². The molecule has 0 radical (unpaired) electrons. The lowest BCUT2D eigenvalue weighted by Crippen LogP contribution is -2.43. The first-order chi connectivity index (χ1) is 9.99. The van der Waals surface area contributed by atoms with E-state index in [-0.39, 0.29) is 0 Å². The van der Waals surface area contributed by atoms with Gasteiger partial charge in [-0.1, -0.05) is 30.2 Å². The Hall–Kier alpha value is -1.78. The molecule has 2 rings (SSSR count). The van der Waals surface area contributed by atoms with Crippen LogP contribution in [-0.4, -0.2) is 45.5 Å². The Kier molecular flexibility index (Phi) is 4.40. The first kappa shape index (κ1) is 15.6. The molecule has 0 saturated carbocycles. The lowest BCUT2D eigenvalue weighted by molar-refractivity contribution is -0.0990. The van der Waals surface area contributed by atoms with E-state index in [4.69, 9.17) is 28.5 Å². The van der Waals surface area contributed by atoms with Crippen LogP contribution in [0.1, 0.15) is 0 Å². The second-order valence-electron chi connectivity index (χ2n) is 4.72. The predicted molar refractivity (Wildman–Crippen MR) is 79.8 cm³/mol. The first-order valence-electron chi connectivity index (χ1n) is 6.20. The van der Waals surface area contributed by atoms with Gasteiger partial charge in [-0.25, -0.2) is 4.99 Å². The maximum atomic E-state index is 10.4. The molecule has 0 aromatic rings. The highest BCUT2D eigenvalue weighted by Crippen LogP contribution is 2.39. The van der Waals surface area contributed by atoms with Crippen molar-refractivity contribution in [3.63, 3.8) is 0 Å². The van der Waals surface area contributed by atoms with Crippen molar-refractivity contribution in [1.29, 1.82) is 0 Å². The molecule has 0 unspecified atom stereocenters. The summed E-state index contributed by atoms with van der Waals surface area (Å²) in [4.78, 5) is 5.61. The standard InChI is InChI=1S/C14H16ClN3O3/c1-3-14(8-19)12(20)10(4-6-15)13(21-14)18-7-5-11(16)17-9(18)2/h1,4-7,10,12-13,19-20H,2,8H2,(H2,16,17)/t10-,12-,13+,14+/m0/s1. The SMILES string of the molecule is C#C[C@]1(CO)O[C@@H](N2C=CC(N)=NC2=C)[C@@H](C=CCl)[C@@H]1O. The summed E-state index contributed by atoms with van der Waals surface area (Å²) in [5, 5.41) is 19.9. The molecular weight excluding hydrogens is 294 g/mol. The molecule has 112 valence electrons. The average molecular weight is 310 g/mol. The van der Waals surface area contributed by atoms with Crippen LogP contribution in [0.25, 0.3) is 0 Å². The summed E-state index contributed by atoms with van der Waals surface area (Å²) in [5.74, 6) is 2.40. The monoisotopic (exact) mass is 309 g/mol. The molecule has 4 atom stereocenters. The minimum Gasteiger partial charge on any atom is -0.392 e. The van der Waals surface area contributed by atoms with Gasteiger partial charge in [0.2, 0.25) is 0 Å². The number of aliphatic hydroxyl groups is 2. The van der Waals surface area contributed by atoms with Crippen molar-refractivity contribution in [3.8, 4) is 12.3 Å². The van der Waals surface area contributed by atoms with Gasteiger partial charge in [0.1, 0.15) is 24.0 Å². The summed E-state index contributed by atoms with van der Waals surface area (Å²) in [6, 6.07) is 0. The van der Waals surface area contributed by atoms with E-state index in [0.717, 1.165) is 0 Å². The minimum atomic E-state index is -1.51. The zero-order valence-electron chi connectivity index (χ0n) is 11.2. The van der Waals surface area contributed by atoms with Crippen molar-refractivity contribution in [3.05, 3.63) is 36.3 Å². The molecule has 0 aromatic heterocycles. The summed E-state index contributed by atoms with van der Waals surface area (Å²) in [6.45, 7) is 3.26. The lowest BCUT2D eigenvalue weighted by Gasteiger charge is -2.31. The van der Waals surface area contributed by atoms with E-state index < -0.39 is 30.5 Å². The molecule has 1 fully saturated rings. The van der Waals surface area contributed by atoms with Crippen molar-refractivity contribution in [2.45, 2.75) is 17.9 Å². The molecule has 0 aliphatic carbocycles. The van der Waals surface area contributed by atoms with Gasteiger partial charge in [0.05, 0.1) is 12.5 Å². The van der Waals surface area contributed by atoms with Gasteiger partial charge in [0.25, 0.3) is 0 Å². The van der Waals surface area contributed by atoms with E-state index in [2.05, 4.69) is 17.5 Å². The summed E-state index contributed by atoms with van der Waals surface area (Å²) >= 11 is 5.62. The number of amidine groups is 1. The summed E-state index contributed by atoms with van der Waals surface area (Å²) in [5.41, 5.74) is 5.35. The molecule has 0 bridgehead atoms. The van der Waals surface area contributed by atoms with Gasteiger partial charge in [-0.15, -0.1) is 6.42 Å². The maximum absolute atomic E-state index is 10.4. The smallest absolute Gasteiger partial charge is 0.180 e. The third kappa shape index (κ3) is 2.57. The van der Waals surface area contributed by atoms with Gasteiger partial charge in [0.15, 0.2) is 5.60 Å². The van der Waals surface area contributed by atoms with Crippen LogP contribution in [-0.2, 0) is 4.74 Å². The summed E-state index contributed by atoms with van der Waals surface area (Å²) in [7, 11) is 0. The third-order valence-corrected chi connectivity index (χ3v) is 3.66. The van der Waals surface area contributed by atoms with Crippen LogP contribution < -0.4 is 5.73 Å². The molecule has 0 spiro atoms. The first-order valence-corrected chi connectivity index (χ1v) is 6.63. The second kappa shape index (κ2) is 5.92. The topological polar surface area (TPSA) is 91.3 Å². The molecule has 6 nitrogen and oxygen atoms in total. The number of terminal acetylenes is 1. The van der Waals surface area contributed by atoms with Crippen LogP contribution >= 0.6 is 11.6 Å². The van der Waals surface area contributed by atoms with E-state index in [0.29, 0.717) is 11.7 Å². The minimum absolute atomic E-state index is 0.310. The maximum Gasteiger partial charge on any atom is 0.180 e. The van der Waals surface area contributed by atoms with Gasteiger partial charge < -0.3 is 25.6 Å². The second-order valence-corrected chi connectivity index (χ2v) is 4.97. The number of aliphatic imine (C=N–C) groups is 1. The van der Waals surface area contributed by atoms with E-state index in [9.17, 15) is 10.2 Å². The van der Waals surface area contributed by atoms with E-state index in [1.165, 1.54) is 5.54 Å². The van der Waals surface area contributed by atoms with Crippen molar-refractivity contribution >= 4 is 17.4 Å². The highest BCUT2D eigenvalue weighted by Gasteiger charge is 2.54.